The Morgan fingerprint density at radius 3 is 2.40 bits per heavy atom. The van der Waals surface area contributed by atoms with Crippen LogP contribution in [0.4, 0.5) is 0 Å². The molecule has 0 atom stereocenters. The van der Waals surface area contributed by atoms with Gasteiger partial charge in [0.15, 0.2) is 0 Å². The summed E-state index contributed by atoms with van der Waals surface area (Å²) < 4.78 is 0. The summed E-state index contributed by atoms with van der Waals surface area (Å²) in [7, 11) is 0. The van der Waals surface area contributed by atoms with E-state index < -0.39 is 0 Å². The smallest absolute Gasteiger partial charge is 0.0418 e. The Morgan fingerprint density at radius 1 is 1.10 bits per heavy atom. The van der Waals surface area contributed by atoms with Gasteiger partial charge in [-0.05, 0) is 5.56 Å². The Balaban J connectivity index is 2.67. The van der Waals surface area contributed by atoms with Gasteiger partial charge in [0, 0.05) is 6.54 Å². The lowest BCUT2D eigenvalue weighted by Crippen LogP contribution is -1.82. The zero-order valence-corrected chi connectivity index (χ0v) is 5.70. The quantitative estimate of drug-likeness (QED) is 0.652. The van der Waals surface area contributed by atoms with Gasteiger partial charge >= 0.3 is 0 Å². The number of hydrogen-bond acceptors (Lipinski definition) is 1. The molecule has 1 aromatic carbocycles. The van der Waals surface area contributed by atoms with E-state index in [1.54, 1.807) is 0 Å². The molecule has 0 spiro atoms. The highest BCUT2D eigenvalue weighted by Gasteiger charge is 1.79. The molecule has 0 aromatic heterocycles. The SMILES string of the molecule is N[CH]C=Cc1ccccc1. The molecule has 0 saturated heterocycles. The van der Waals surface area contributed by atoms with Gasteiger partial charge in [-0.25, -0.2) is 0 Å². The third kappa shape index (κ3) is 2.03. The zero-order valence-electron chi connectivity index (χ0n) is 5.70. The molecule has 0 amide bonds. The van der Waals surface area contributed by atoms with Crippen molar-refractivity contribution in [2.45, 2.75) is 0 Å². The minimum absolute atomic E-state index is 1.17. The van der Waals surface area contributed by atoms with Gasteiger partial charge in [-0.1, -0.05) is 42.5 Å². The van der Waals surface area contributed by atoms with Crippen LogP contribution >= 0.6 is 0 Å². The molecule has 0 bridgehead atoms. The summed E-state index contributed by atoms with van der Waals surface area (Å²) in [6.07, 6.45) is 3.77. The van der Waals surface area contributed by atoms with Crippen molar-refractivity contribution in [1.82, 2.24) is 0 Å². The molecule has 0 fully saturated rings. The van der Waals surface area contributed by atoms with Crippen LogP contribution in [0.5, 0.6) is 0 Å². The van der Waals surface area contributed by atoms with Crippen molar-refractivity contribution in [3.63, 3.8) is 0 Å². The van der Waals surface area contributed by atoms with Gasteiger partial charge in [0.1, 0.15) is 0 Å². The summed E-state index contributed by atoms with van der Waals surface area (Å²) in [6.45, 7) is 1.52. The van der Waals surface area contributed by atoms with Gasteiger partial charge < -0.3 is 5.73 Å². The van der Waals surface area contributed by atoms with Gasteiger partial charge in [-0.3, -0.25) is 0 Å². The average molecular weight is 132 g/mol. The maximum Gasteiger partial charge on any atom is 0.0418 e. The van der Waals surface area contributed by atoms with Crippen molar-refractivity contribution in [2.24, 2.45) is 5.73 Å². The first-order valence-electron chi connectivity index (χ1n) is 3.20. The Bertz CT molecular complexity index is 201. The lowest BCUT2D eigenvalue weighted by Gasteiger charge is -1.88. The Labute approximate surface area is 61.2 Å². The van der Waals surface area contributed by atoms with Crippen LogP contribution in [0.2, 0.25) is 0 Å². The number of nitrogens with two attached hydrogens (primary N) is 1. The summed E-state index contributed by atoms with van der Waals surface area (Å²) in [5.41, 5.74) is 6.34. The molecule has 0 heterocycles. The highest BCUT2D eigenvalue weighted by molar-refractivity contribution is 5.49. The lowest BCUT2D eigenvalue weighted by molar-refractivity contribution is 1.45. The molecule has 0 unspecified atom stereocenters. The van der Waals surface area contributed by atoms with Gasteiger partial charge in [0.2, 0.25) is 0 Å². The third-order valence-corrected chi connectivity index (χ3v) is 1.20. The fraction of sp³-hybridized carbons (Fsp3) is 0. The molecule has 51 valence electrons. The second kappa shape index (κ2) is 3.85. The van der Waals surface area contributed by atoms with E-state index in [0.29, 0.717) is 0 Å². The zero-order chi connectivity index (χ0) is 7.23. The predicted molar refractivity (Wildman–Crippen MR) is 44.0 cm³/mol. The molecule has 1 heteroatoms. The highest BCUT2D eigenvalue weighted by Crippen LogP contribution is 1.99. The van der Waals surface area contributed by atoms with Crippen LogP contribution in [0.15, 0.2) is 36.4 Å². The first kappa shape index (κ1) is 7.03. The van der Waals surface area contributed by atoms with Crippen molar-refractivity contribution in [2.75, 3.05) is 0 Å². The molecule has 1 radical (unpaired) electrons. The molecular weight excluding hydrogens is 122 g/mol. The Morgan fingerprint density at radius 2 is 1.80 bits per heavy atom. The van der Waals surface area contributed by atoms with E-state index >= 15 is 0 Å². The standard InChI is InChI=1S/C9H10N/c10-8-4-7-9-5-2-1-3-6-9/h1-8H,10H2. The van der Waals surface area contributed by atoms with Crippen LogP contribution in [0, 0.1) is 6.54 Å². The molecule has 0 aliphatic carbocycles. The van der Waals surface area contributed by atoms with E-state index in [-0.39, 0.29) is 0 Å². The number of hydrogen-bond donors (Lipinski definition) is 1. The Kier molecular flexibility index (Phi) is 2.71. The van der Waals surface area contributed by atoms with Crippen molar-refractivity contribution in [1.29, 1.82) is 0 Å². The highest BCUT2D eigenvalue weighted by atomic mass is 14.5. The second-order valence-electron chi connectivity index (χ2n) is 1.96. The van der Waals surface area contributed by atoms with Crippen molar-refractivity contribution in [3.05, 3.63) is 48.5 Å². The van der Waals surface area contributed by atoms with Crippen molar-refractivity contribution in [3.8, 4) is 0 Å². The molecular formula is C9H10N. The topological polar surface area (TPSA) is 26.0 Å². The molecule has 0 aliphatic rings. The maximum absolute atomic E-state index is 5.16. The van der Waals surface area contributed by atoms with Gasteiger partial charge in [0.25, 0.3) is 0 Å². The van der Waals surface area contributed by atoms with Crippen LogP contribution in [-0.2, 0) is 0 Å². The van der Waals surface area contributed by atoms with E-state index in [1.165, 1.54) is 12.1 Å². The normalized spacial score (nSPS) is 10.5. The summed E-state index contributed by atoms with van der Waals surface area (Å²) in [5, 5.41) is 0. The number of benzene rings is 1. The maximum atomic E-state index is 5.16. The summed E-state index contributed by atoms with van der Waals surface area (Å²) >= 11 is 0. The van der Waals surface area contributed by atoms with Crippen LogP contribution in [0.3, 0.4) is 0 Å². The third-order valence-electron chi connectivity index (χ3n) is 1.20. The number of rotatable bonds is 2. The molecule has 2 N–H and O–H groups in total. The molecule has 0 saturated carbocycles. The van der Waals surface area contributed by atoms with Crippen molar-refractivity contribution >= 4 is 6.08 Å². The molecule has 10 heavy (non-hydrogen) atoms. The predicted octanol–water partition coefficient (Wildman–Crippen LogP) is 1.82. The molecule has 1 aromatic rings. The van der Waals surface area contributed by atoms with E-state index in [4.69, 9.17) is 5.73 Å². The van der Waals surface area contributed by atoms with Gasteiger partial charge in [-0.15, -0.1) is 0 Å². The van der Waals surface area contributed by atoms with Crippen molar-refractivity contribution < 1.29 is 0 Å². The summed E-state index contributed by atoms with van der Waals surface area (Å²) in [6, 6.07) is 10.0. The minimum Gasteiger partial charge on any atom is -0.323 e. The average Bonchev–Trinajstić information content (AvgIpc) is 2.03. The fourth-order valence-electron chi connectivity index (χ4n) is 0.731. The minimum atomic E-state index is 1.17. The molecule has 1 rings (SSSR count). The summed E-state index contributed by atoms with van der Waals surface area (Å²) in [5.74, 6) is 0. The van der Waals surface area contributed by atoms with E-state index in [2.05, 4.69) is 0 Å². The van der Waals surface area contributed by atoms with Crippen LogP contribution < -0.4 is 5.73 Å². The monoisotopic (exact) mass is 132 g/mol. The van der Waals surface area contributed by atoms with Crippen LogP contribution in [0.25, 0.3) is 6.08 Å². The lowest BCUT2D eigenvalue weighted by atomic mass is 10.2. The first-order chi connectivity index (χ1) is 4.93. The largest absolute Gasteiger partial charge is 0.323 e. The van der Waals surface area contributed by atoms with E-state index in [1.807, 2.05) is 42.5 Å². The van der Waals surface area contributed by atoms with E-state index in [9.17, 15) is 0 Å². The molecule has 1 nitrogen and oxygen atoms in total. The first-order valence-corrected chi connectivity index (χ1v) is 3.20. The summed E-state index contributed by atoms with van der Waals surface area (Å²) in [4.78, 5) is 0. The molecule has 0 aliphatic heterocycles. The Hall–Kier alpha value is -1.08. The van der Waals surface area contributed by atoms with Gasteiger partial charge in [-0.2, -0.15) is 0 Å². The fourth-order valence-corrected chi connectivity index (χ4v) is 0.731. The van der Waals surface area contributed by atoms with Gasteiger partial charge in [0.05, 0.1) is 0 Å². The second-order valence-corrected chi connectivity index (χ2v) is 1.96. The van der Waals surface area contributed by atoms with E-state index in [0.717, 1.165) is 0 Å². The van der Waals surface area contributed by atoms with Crippen LogP contribution in [0.1, 0.15) is 5.56 Å². The van der Waals surface area contributed by atoms with Crippen LogP contribution in [-0.4, -0.2) is 0 Å².